The van der Waals surface area contributed by atoms with E-state index in [-0.39, 0.29) is 6.03 Å². The minimum absolute atomic E-state index is 0.0446. The van der Waals surface area contributed by atoms with Crippen LogP contribution in [0.4, 0.5) is 9.93 Å². The lowest BCUT2D eigenvalue weighted by atomic mass is 9.83. The van der Waals surface area contributed by atoms with Gasteiger partial charge in [0.2, 0.25) is 0 Å². The number of nitrogens with one attached hydrogen (secondary N) is 1. The van der Waals surface area contributed by atoms with Crippen LogP contribution in [-0.2, 0) is 0 Å². The summed E-state index contributed by atoms with van der Waals surface area (Å²) in [6.45, 7) is 5.80. The molecule has 3 aliphatic rings. The first-order valence-electron chi connectivity index (χ1n) is 13.2. The number of rotatable bonds is 5. The summed E-state index contributed by atoms with van der Waals surface area (Å²) >= 11 is 1.48. The highest BCUT2D eigenvalue weighted by Gasteiger charge is 2.28. The van der Waals surface area contributed by atoms with E-state index in [4.69, 9.17) is 9.72 Å². The zero-order chi connectivity index (χ0) is 24.2. The lowest BCUT2D eigenvalue weighted by Gasteiger charge is -2.42. The minimum atomic E-state index is -0.0446. The molecule has 1 saturated carbocycles. The molecule has 0 bridgehead atoms. The highest BCUT2D eigenvalue weighted by Crippen LogP contribution is 2.38. The Labute approximate surface area is 213 Å². The number of urea groups is 1. The van der Waals surface area contributed by atoms with Crippen LogP contribution in [0.5, 0.6) is 5.75 Å². The number of thiazole rings is 1. The van der Waals surface area contributed by atoms with Gasteiger partial charge in [0, 0.05) is 43.2 Å². The summed E-state index contributed by atoms with van der Waals surface area (Å²) in [4.78, 5) is 24.6. The van der Waals surface area contributed by atoms with Crippen LogP contribution < -0.4 is 10.1 Å². The second-order valence-corrected chi connectivity index (χ2v) is 11.2. The molecule has 35 heavy (non-hydrogen) atoms. The smallest absolute Gasteiger partial charge is 0.323 e. The van der Waals surface area contributed by atoms with Gasteiger partial charge in [0.25, 0.3) is 0 Å². The largest absolute Gasteiger partial charge is 0.496 e. The van der Waals surface area contributed by atoms with Gasteiger partial charge < -0.3 is 14.5 Å². The van der Waals surface area contributed by atoms with E-state index >= 15 is 0 Å². The Balaban J connectivity index is 1.20. The first-order valence-corrected chi connectivity index (χ1v) is 14.1. The molecule has 190 valence electrons. The number of hydrogen-bond acceptors (Lipinski definition) is 6. The number of carbonyl (C=O) groups is 1. The first kappa shape index (κ1) is 24.5. The van der Waals surface area contributed by atoms with Crippen molar-refractivity contribution in [2.45, 2.75) is 56.9 Å². The summed E-state index contributed by atoms with van der Waals surface area (Å²) in [5.41, 5.74) is 3.26. The Hall–Kier alpha value is -2.16. The summed E-state index contributed by atoms with van der Waals surface area (Å²) in [6.07, 6.45) is 8.95. The van der Waals surface area contributed by atoms with Gasteiger partial charge in [-0.25, -0.2) is 9.78 Å². The van der Waals surface area contributed by atoms with Crippen molar-refractivity contribution in [2.24, 2.45) is 0 Å². The molecule has 1 aromatic heterocycles. The molecule has 0 radical (unpaired) electrons. The molecule has 2 aliphatic heterocycles. The number of methoxy groups -OCH3 is 1. The van der Waals surface area contributed by atoms with Crippen LogP contribution in [0.1, 0.15) is 56.4 Å². The van der Waals surface area contributed by atoms with Crippen LogP contribution in [0.3, 0.4) is 0 Å². The van der Waals surface area contributed by atoms with Gasteiger partial charge in [-0.3, -0.25) is 10.2 Å². The van der Waals surface area contributed by atoms with Crippen molar-refractivity contribution in [1.29, 1.82) is 0 Å². The molecule has 7 nitrogen and oxygen atoms in total. The third-order valence-electron chi connectivity index (χ3n) is 8.10. The fourth-order valence-corrected chi connectivity index (χ4v) is 6.59. The summed E-state index contributed by atoms with van der Waals surface area (Å²) < 4.78 is 5.66. The van der Waals surface area contributed by atoms with Gasteiger partial charge in [0.05, 0.1) is 12.8 Å². The third-order valence-corrected chi connectivity index (χ3v) is 8.86. The summed E-state index contributed by atoms with van der Waals surface area (Å²) in [6, 6.07) is 7.14. The van der Waals surface area contributed by atoms with Gasteiger partial charge in [0.15, 0.2) is 5.13 Å². The van der Waals surface area contributed by atoms with Gasteiger partial charge >= 0.3 is 6.03 Å². The van der Waals surface area contributed by atoms with E-state index in [1.807, 2.05) is 10.3 Å². The Morgan fingerprint density at radius 1 is 1.03 bits per heavy atom. The van der Waals surface area contributed by atoms with Crippen molar-refractivity contribution in [1.82, 2.24) is 19.7 Å². The molecule has 3 heterocycles. The maximum Gasteiger partial charge on any atom is 0.323 e. The number of amides is 2. The fraction of sp³-hybridized carbons (Fsp3) is 0.630. The number of piperidine rings is 1. The van der Waals surface area contributed by atoms with Crippen LogP contribution in [0.2, 0.25) is 0 Å². The van der Waals surface area contributed by atoms with Crippen molar-refractivity contribution < 1.29 is 9.53 Å². The molecule has 1 N–H and O–H groups in total. The summed E-state index contributed by atoms with van der Waals surface area (Å²) in [5.74, 6) is 1.46. The average molecular weight is 498 g/mol. The lowest BCUT2D eigenvalue weighted by molar-refractivity contribution is 0.0775. The quantitative estimate of drug-likeness (QED) is 0.622. The molecule has 1 aromatic carbocycles. The van der Waals surface area contributed by atoms with Crippen molar-refractivity contribution in [3.8, 4) is 17.0 Å². The second kappa shape index (κ2) is 11.3. The molecule has 2 saturated heterocycles. The van der Waals surface area contributed by atoms with E-state index in [0.29, 0.717) is 17.1 Å². The van der Waals surface area contributed by atoms with Crippen molar-refractivity contribution >= 4 is 22.5 Å². The number of nitrogens with zero attached hydrogens (tertiary/aromatic N) is 4. The number of likely N-dealkylation sites (tertiary alicyclic amines) is 1. The number of aromatic nitrogens is 1. The molecular formula is C27H39N5O2S. The van der Waals surface area contributed by atoms with Crippen molar-refractivity contribution in [3.63, 3.8) is 0 Å². The molecule has 2 aromatic rings. The van der Waals surface area contributed by atoms with Gasteiger partial charge in [-0.05, 0) is 69.4 Å². The maximum absolute atomic E-state index is 13.0. The Bertz CT molecular complexity index is 989. The van der Waals surface area contributed by atoms with Crippen LogP contribution >= 0.6 is 11.3 Å². The Morgan fingerprint density at radius 3 is 2.49 bits per heavy atom. The monoisotopic (exact) mass is 497 g/mol. The molecule has 0 unspecified atom stereocenters. The van der Waals surface area contributed by atoms with Gasteiger partial charge in [-0.1, -0.05) is 25.3 Å². The molecule has 0 atom stereocenters. The number of piperazine rings is 1. The number of ether oxygens (including phenoxy) is 1. The molecule has 2 amide bonds. The van der Waals surface area contributed by atoms with Gasteiger partial charge in [0.1, 0.15) is 5.75 Å². The zero-order valence-corrected chi connectivity index (χ0v) is 22.0. The number of benzene rings is 1. The molecule has 8 heteroatoms. The summed E-state index contributed by atoms with van der Waals surface area (Å²) in [7, 11) is 3.91. The van der Waals surface area contributed by atoms with Crippen LogP contribution in [0.25, 0.3) is 11.3 Å². The summed E-state index contributed by atoms with van der Waals surface area (Å²) in [5, 5.41) is 5.72. The molecular weight excluding hydrogens is 458 g/mol. The number of anilines is 1. The van der Waals surface area contributed by atoms with E-state index in [9.17, 15) is 4.79 Å². The molecule has 1 aliphatic carbocycles. The van der Waals surface area contributed by atoms with Crippen LogP contribution in [0, 0.1) is 0 Å². The van der Waals surface area contributed by atoms with E-state index in [0.717, 1.165) is 43.2 Å². The van der Waals surface area contributed by atoms with Gasteiger partial charge in [-0.15, -0.1) is 11.3 Å². The van der Waals surface area contributed by atoms with Gasteiger partial charge in [-0.2, -0.15) is 0 Å². The molecule has 3 fully saturated rings. The van der Waals surface area contributed by atoms with E-state index < -0.39 is 0 Å². The SMILES string of the molecule is COc1ccc(C2CCCCC2)cc1-c1csc(NC(=O)N2CCN(C3CCN(C)CC3)CC2)n1. The first-order chi connectivity index (χ1) is 17.1. The van der Waals surface area contributed by atoms with E-state index in [1.165, 1.54) is 74.9 Å². The maximum atomic E-state index is 13.0. The minimum Gasteiger partial charge on any atom is -0.496 e. The van der Waals surface area contributed by atoms with Crippen LogP contribution in [-0.4, -0.2) is 85.2 Å². The second-order valence-electron chi connectivity index (χ2n) is 10.3. The number of carbonyl (C=O) groups excluding carboxylic acids is 1. The highest BCUT2D eigenvalue weighted by molar-refractivity contribution is 7.14. The Morgan fingerprint density at radius 2 is 1.77 bits per heavy atom. The Kier molecular flexibility index (Phi) is 7.90. The third kappa shape index (κ3) is 5.81. The normalized spacial score (nSPS) is 21.3. The average Bonchev–Trinajstić information content (AvgIpc) is 3.37. The number of hydrogen-bond donors (Lipinski definition) is 1. The van der Waals surface area contributed by atoms with Crippen molar-refractivity contribution in [2.75, 3.05) is 58.7 Å². The standard InChI is InChI=1S/C27H39N5O2S/c1-30-12-10-22(11-13-30)31-14-16-32(17-15-31)27(33)29-26-28-24(19-35-26)23-18-21(8-9-25(23)34-2)20-6-4-3-5-7-20/h8-9,18-20,22H,3-7,10-17H2,1-2H3,(H,28,29,33). The predicted octanol–water partition coefficient (Wildman–Crippen LogP) is 5.11. The van der Waals surface area contributed by atoms with E-state index in [1.54, 1.807) is 7.11 Å². The fourth-order valence-electron chi connectivity index (χ4n) is 5.89. The predicted molar refractivity (Wildman–Crippen MR) is 143 cm³/mol. The highest BCUT2D eigenvalue weighted by atomic mass is 32.1. The molecule has 5 rings (SSSR count). The lowest BCUT2D eigenvalue weighted by Crippen LogP contribution is -2.54. The molecule has 0 spiro atoms. The zero-order valence-electron chi connectivity index (χ0n) is 21.2. The van der Waals surface area contributed by atoms with Crippen LogP contribution in [0.15, 0.2) is 23.6 Å². The van der Waals surface area contributed by atoms with E-state index in [2.05, 4.69) is 40.4 Å². The topological polar surface area (TPSA) is 60.9 Å². The van der Waals surface area contributed by atoms with Crippen molar-refractivity contribution in [3.05, 3.63) is 29.1 Å².